The maximum absolute atomic E-state index is 13.2. The van der Waals surface area contributed by atoms with Gasteiger partial charge < -0.3 is 19.3 Å². The molecule has 0 N–H and O–H groups in total. The number of benzene rings is 2. The molecule has 2 heterocycles. The average molecular weight is 423 g/mol. The molecule has 2 aromatic rings. The Morgan fingerprint density at radius 3 is 2.65 bits per heavy atom. The minimum atomic E-state index is 0.0521. The van der Waals surface area contributed by atoms with Crippen molar-refractivity contribution >= 4 is 11.8 Å². The third-order valence-electron chi connectivity index (χ3n) is 5.89. The van der Waals surface area contributed by atoms with Crippen molar-refractivity contribution in [1.82, 2.24) is 9.80 Å². The number of amides is 2. The van der Waals surface area contributed by atoms with Crippen LogP contribution in [0.5, 0.6) is 11.5 Å². The van der Waals surface area contributed by atoms with Crippen LogP contribution in [0.25, 0.3) is 0 Å². The summed E-state index contributed by atoms with van der Waals surface area (Å²) in [5.74, 6) is 1.68. The number of ether oxygens (including phenoxy) is 2. The van der Waals surface area contributed by atoms with Crippen molar-refractivity contribution in [2.24, 2.45) is 0 Å². The van der Waals surface area contributed by atoms with E-state index < -0.39 is 0 Å². The molecule has 0 unspecified atom stereocenters. The number of likely N-dealkylation sites (tertiary alicyclic amines) is 1. The quantitative estimate of drug-likeness (QED) is 0.676. The van der Waals surface area contributed by atoms with Gasteiger partial charge in [-0.1, -0.05) is 42.3 Å². The molecule has 4 rings (SSSR count). The van der Waals surface area contributed by atoms with Crippen molar-refractivity contribution in [3.8, 4) is 11.5 Å². The van der Waals surface area contributed by atoms with Gasteiger partial charge in [-0.25, -0.2) is 0 Å². The van der Waals surface area contributed by atoms with Crippen LogP contribution in [-0.4, -0.2) is 41.5 Å². The van der Waals surface area contributed by atoms with Gasteiger partial charge >= 0.3 is 0 Å². The van der Waals surface area contributed by atoms with Gasteiger partial charge in [-0.3, -0.25) is 9.59 Å². The van der Waals surface area contributed by atoms with Crippen LogP contribution in [0, 0.1) is 6.92 Å². The highest BCUT2D eigenvalue weighted by atomic mass is 16.7. The molecule has 0 spiro atoms. The largest absolute Gasteiger partial charge is 0.454 e. The molecule has 31 heavy (non-hydrogen) atoms. The van der Waals surface area contributed by atoms with Gasteiger partial charge in [0.1, 0.15) is 0 Å². The predicted molar refractivity (Wildman–Crippen MR) is 118 cm³/mol. The van der Waals surface area contributed by atoms with Gasteiger partial charge in [-0.2, -0.15) is 0 Å². The van der Waals surface area contributed by atoms with Gasteiger partial charge in [-0.15, -0.1) is 0 Å². The zero-order valence-electron chi connectivity index (χ0n) is 18.1. The minimum absolute atomic E-state index is 0.0521. The summed E-state index contributed by atoms with van der Waals surface area (Å²) in [6, 6.07) is 14.0. The summed E-state index contributed by atoms with van der Waals surface area (Å²) in [4.78, 5) is 29.3. The summed E-state index contributed by atoms with van der Waals surface area (Å²) in [7, 11) is 0. The monoisotopic (exact) mass is 422 g/mol. The molecule has 2 amide bonds. The van der Waals surface area contributed by atoms with Gasteiger partial charge in [0.25, 0.3) is 0 Å². The predicted octanol–water partition coefficient (Wildman–Crippen LogP) is 4.05. The van der Waals surface area contributed by atoms with E-state index >= 15 is 0 Å². The first-order valence-corrected chi connectivity index (χ1v) is 11.1. The van der Waals surface area contributed by atoms with Crippen molar-refractivity contribution in [2.45, 2.75) is 52.1 Å². The fraction of sp³-hybridized carbons (Fsp3) is 0.440. The number of carbonyl (C=O) groups excluding carboxylic acids is 2. The van der Waals surface area contributed by atoms with E-state index in [-0.39, 0.29) is 18.6 Å². The van der Waals surface area contributed by atoms with Gasteiger partial charge in [0.05, 0.1) is 0 Å². The maximum Gasteiger partial charge on any atom is 0.231 e. The van der Waals surface area contributed by atoms with Crippen LogP contribution in [-0.2, 0) is 22.7 Å². The molecule has 0 bridgehead atoms. The summed E-state index contributed by atoms with van der Waals surface area (Å²) >= 11 is 0. The zero-order chi connectivity index (χ0) is 21.6. The zero-order valence-corrected chi connectivity index (χ0v) is 18.1. The van der Waals surface area contributed by atoms with Crippen molar-refractivity contribution in [3.63, 3.8) is 0 Å². The second-order valence-electron chi connectivity index (χ2n) is 8.37. The molecular weight excluding hydrogens is 392 g/mol. The Bertz CT molecular complexity index is 943. The molecule has 2 aliphatic heterocycles. The van der Waals surface area contributed by atoms with Gasteiger partial charge in [-0.05, 0) is 43.0 Å². The molecule has 2 aliphatic rings. The second-order valence-corrected chi connectivity index (χ2v) is 8.37. The van der Waals surface area contributed by atoms with E-state index in [1.165, 1.54) is 5.56 Å². The Hall–Kier alpha value is -3.02. The number of hydrogen-bond donors (Lipinski definition) is 0. The van der Waals surface area contributed by atoms with Crippen LogP contribution in [0.2, 0.25) is 0 Å². The van der Waals surface area contributed by atoms with Gasteiger partial charge in [0.15, 0.2) is 11.5 Å². The molecule has 6 heteroatoms. The highest BCUT2D eigenvalue weighted by Crippen LogP contribution is 2.33. The third kappa shape index (κ3) is 5.57. The van der Waals surface area contributed by atoms with Crippen molar-refractivity contribution in [3.05, 3.63) is 59.2 Å². The van der Waals surface area contributed by atoms with Gasteiger partial charge in [0.2, 0.25) is 18.6 Å². The van der Waals surface area contributed by atoms with E-state index in [0.717, 1.165) is 48.4 Å². The summed E-state index contributed by atoms with van der Waals surface area (Å²) in [6.45, 7) is 4.54. The van der Waals surface area contributed by atoms with Crippen LogP contribution in [0.3, 0.4) is 0 Å². The Labute approximate surface area is 183 Å². The lowest BCUT2D eigenvalue weighted by molar-refractivity contribution is -0.135. The van der Waals surface area contributed by atoms with Crippen LogP contribution in [0.1, 0.15) is 48.8 Å². The minimum Gasteiger partial charge on any atom is -0.454 e. The molecule has 0 aliphatic carbocycles. The van der Waals surface area contributed by atoms with Gasteiger partial charge in [0, 0.05) is 39.0 Å². The highest BCUT2D eigenvalue weighted by molar-refractivity contribution is 5.79. The Balaban J connectivity index is 1.47. The van der Waals surface area contributed by atoms with Crippen LogP contribution >= 0.6 is 0 Å². The number of carbonyl (C=O) groups is 2. The van der Waals surface area contributed by atoms with Crippen molar-refractivity contribution in [1.29, 1.82) is 0 Å². The number of rotatable bonds is 7. The Morgan fingerprint density at radius 1 is 1.00 bits per heavy atom. The standard InChI is InChI=1S/C25H30N2O4/c1-19-6-5-7-20(14-19)16-27(17-21-9-10-22-23(15-21)31-18-30-22)25(29)11-13-26-12-4-2-3-8-24(26)28/h5-7,9-10,14-15H,2-4,8,11-13,16-18H2,1H3. The number of fused-ring (bicyclic) bond motifs is 1. The normalized spacial score (nSPS) is 15.6. The number of hydrogen-bond acceptors (Lipinski definition) is 4. The van der Waals surface area contributed by atoms with Crippen LogP contribution in [0.4, 0.5) is 0 Å². The summed E-state index contributed by atoms with van der Waals surface area (Å²) in [6.07, 6.45) is 3.98. The SMILES string of the molecule is Cc1cccc(CN(Cc2ccc3c(c2)OCO3)C(=O)CCN2CCCCCC2=O)c1. The first kappa shape index (κ1) is 21.2. The molecule has 0 saturated carbocycles. The van der Waals surface area contributed by atoms with E-state index in [2.05, 4.69) is 19.1 Å². The molecule has 6 nitrogen and oxygen atoms in total. The Morgan fingerprint density at radius 2 is 1.81 bits per heavy atom. The smallest absolute Gasteiger partial charge is 0.231 e. The summed E-state index contributed by atoms with van der Waals surface area (Å²) in [5.41, 5.74) is 3.26. The van der Waals surface area contributed by atoms with Crippen LogP contribution < -0.4 is 9.47 Å². The fourth-order valence-corrected chi connectivity index (χ4v) is 4.19. The molecule has 1 saturated heterocycles. The molecule has 0 radical (unpaired) electrons. The molecular formula is C25H30N2O4. The lowest BCUT2D eigenvalue weighted by Gasteiger charge is -2.26. The summed E-state index contributed by atoms with van der Waals surface area (Å²) < 4.78 is 10.9. The Kier molecular flexibility index (Phi) is 6.75. The lowest BCUT2D eigenvalue weighted by Crippen LogP contribution is -2.36. The maximum atomic E-state index is 13.2. The molecule has 2 aromatic carbocycles. The molecule has 0 aromatic heterocycles. The van der Waals surface area contributed by atoms with E-state index in [9.17, 15) is 9.59 Å². The lowest BCUT2D eigenvalue weighted by atomic mass is 10.1. The molecule has 164 valence electrons. The van der Waals surface area contributed by atoms with Crippen molar-refractivity contribution < 1.29 is 19.1 Å². The third-order valence-corrected chi connectivity index (χ3v) is 5.89. The average Bonchev–Trinajstić information content (AvgIpc) is 3.13. The van der Waals surface area contributed by atoms with E-state index in [1.807, 2.05) is 40.1 Å². The number of aryl methyl sites for hydroxylation is 1. The van der Waals surface area contributed by atoms with E-state index in [0.29, 0.717) is 32.5 Å². The van der Waals surface area contributed by atoms with E-state index in [4.69, 9.17) is 9.47 Å². The van der Waals surface area contributed by atoms with Crippen LogP contribution in [0.15, 0.2) is 42.5 Å². The second kappa shape index (κ2) is 9.86. The van der Waals surface area contributed by atoms with E-state index in [1.54, 1.807) is 0 Å². The van der Waals surface area contributed by atoms with Crippen molar-refractivity contribution in [2.75, 3.05) is 19.9 Å². The highest BCUT2D eigenvalue weighted by Gasteiger charge is 2.21. The first-order valence-electron chi connectivity index (χ1n) is 11.1. The number of nitrogens with zero attached hydrogens (tertiary/aromatic N) is 2. The topological polar surface area (TPSA) is 59.1 Å². The summed E-state index contributed by atoms with van der Waals surface area (Å²) in [5, 5.41) is 0. The fourth-order valence-electron chi connectivity index (χ4n) is 4.19. The first-order chi connectivity index (χ1) is 15.1. The molecule has 1 fully saturated rings. The molecule has 0 atom stereocenters.